The van der Waals surface area contributed by atoms with E-state index in [0.717, 1.165) is 6.42 Å². The van der Waals surface area contributed by atoms with Crippen LogP contribution in [0.2, 0.25) is 0 Å². The van der Waals surface area contributed by atoms with E-state index in [9.17, 15) is 14.7 Å². The fraction of sp³-hybridized carbons (Fsp3) is 0.526. The van der Waals surface area contributed by atoms with Crippen LogP contribution in [-0.2, 0) is 11.3 Å². The van der Waals surface area contributed by atoms with E-state index in [0.29, 0.717) is 42.8 Å². The normalized spacial score (nSPS) is 25.1. The molecule has 1 aliphatic carbocycles. The number of benzene rings is 1. The second kappa shape index (κ2) is 5.95. The molecule has 1 N–H and O–H groups in total. The molecule has 6 nitrogen and oxygen atoms in total. The van der Waals surface area contributed by atoms with Crippen LogP contribution < -0.4 is 5.56 Å². The van der Waals surface area contributed by atoms with Crippen LogP contribution in [0.5, 0.6) is 0 Å². The number of hydrogen-bond donors (Lipinski definition) is 1. The third-order valence-electron chi connectivity index (χ3n) is 5.63. The van der Waals surface area contributed by atoms with Crippen molar-refractivity contribution in [2.24, 2.45) is 11.8 Å². The Hall–Kier alpha value is -2.21. The summed E-state index contributed by atoms with van der Waals surface area (Å²) in [7, 11) is 0. The molecule has 0 spiro atoms. The highest BCUT2D eigenvalue weighted by Crippen LogP contribution is 2.40. The van der Waals surface area contributed by atoms with Gasteiger partial charge in [0.05, 0.1) is 29.4 Å². The van der Waals surface area contributed by atoms with E-state index in [2.05, 4.69) is 11.9 Å². The lowest BCUT2D eigenvalue weighted by molar-refractivity contribution is -0.137. The predicted molar refractivity (Wildman–Crippen MR) is 94.0 cm³/mol. The number of piperidine rings is 1. The zero-order valence-corrected chi connectivity index (χ0v) is 14.4. The number of rotatable bonds is 3. The first-order chi connectivity index (χ1) is 12.0. The molecule has 2 heterocycles. The van der Waals surface area contributed by atoms with Gasteiger partial charge in [0.1, 0.15) is 0 Å². The van der Waals surface area contributed by atoms with Crippen LogP contribution in [0.15, 0.2) is 35.4 Å². The SMILES string of the molecule is C[C@@H]1C[C@@H]1C(=O)N1CCC(O)(Cn2cnc3ccccc3c2=O)CC1. The molecular weight excluding hydrogens is 318 g/mol. The molecule has 2 aliphatic rings. The van der Waals surface area contributed by atoms with Gasteiger partial charge < -0.3 is 10.0 Å². The van der Waals surface area contributed by atoms with Crippen molar-refractivity contribution in [1.82, 2.24) is 14.5 Å². The van der Waals surface area contributed by atoms with Gasteiger partial charge in [-0.1, -0.05) is 19.1 Å². The molecule has 2 atom stereocenters. The lowest BCUT2D eigenvalue weighted by Crippen LogP contribution is -2.50. The van der Waals surface area contributed by atoms with Crippen LogP contribution in [0.4, 0.5) is 0 Å². The number of fused-ring (bicyclic) bond motifs is 1. The number of para-hydroxylation sites is 1. The van der Waals surface area contributed by atoms with Gasteiger partial charge in [0.2, 0.25) is 5.91 Å². The topological polar surface area (TPSA) is 75.4 Å². The van der Waals surface area contributed by atoms with Crippen LogP contribution in [0.1, 0.15) is 26.2 Å². The maximum atomic E-state index is 12.6. The van der Waals surface area contributed by atoms with Crippen molar-refractivity contribution in [2.45, 2.75) is 38.3 Å². The van der Waals surface area contributed by atoms with Gasteiger partial charge in [0, 0.05) is 19.0 Å². The Morgan fingerprint density at radius 1 is 1.32 bits per heavy atom. The Balaban J connectivity index is 1.47. The Bertz CT molecular complexity index is 868. The molecule has 0 radical (unpaired) electrons. The molecular formula is C19H23N3O3. The summed E-state index contributed by atoms with van der Waals surface area (Å²) in [6.07, 6.45) is 3.46. The molecule has 132 valence electrons. The maximum Gasteiger partial charge on any atom is 0.261 e. The Labute approximate surface area is 146 Å². The molecule has 1 saturated carbocycles. The molecule has 4 rings (SSSR count). The minimum absolute atomic E-state index is 0.135. The summed E-state index contributed by atoms with van der Waals surface area (Å²) in [6.45, 7) is 3.41. The van der Waals surface area contributed by atoms with Gasteiger partial charge in [-0.25, -0.2) is 4.98 Å². The zero-order valence-electron chi connectivity index (χ0n) is 14.4. The van der Waals surface area contributed by atoms with Crippen LogP contribution in [0, 0.1) is 11.8 Å². The van der Waals surface area contributed by atoms with Gasteiger partial charge in [-0.05, 0) is 37.3 Å². The molecule has 25 heavy (non-hydrogen) atoms. The Morgan fingerprint density at radius 2 is 2.00 bits per heavy atom. The molecule has 0 bridgehead atoms. The first-order valence-corrected chi connectivity index (χ1v) is 8.92. The number of aromatic nitrogens is 2. The largest absolute Gasteiger partial charge is 0.388 e. The molecule has 1 aromatic carbocycles. The third kappa shape index (κ3) is 3.06. The molecule has 0 unspecified atom stereocenters. The number of carbonyl (C=O) groups excluding carboxylic acids is 1. The smallest absolute Gasteiger partial charge is 0.261 e. The van der Waals surface area contributed by atoms with Crippen molar-refractivity contribution in [3.63, 3.8) is 0 Å². The lowest BCUT2D eigenvalue weighted by Gasteiger charge is -2.38. The highest BCUT2D eigenvalue weighted by Gasteiger charge is 2.43. The molecule has 2 aromatic rings. The van der Waals surface area contributed by atoms with Gasteiger partial charge in [-0.15, -0.1) is 0 Å². The number of nitrogens with zero attached hydrogens (tertiary/aromatic N) is 3. The van der Waals surface area contributed by atoms with E-state index in [1.165, 1.54) is 10.9 Å². The van der Waals surface area contributed by atoms with Crippen molar-refractivity contribution >= 4 is 16.8 Å². The average molecular weight is 341 g/mol. The van der Waals surface area contributed by atoms with Crippen molar-refractivity contribution in [3.8, 4) is 0 Å². The van der Waals surface area contributed by atoms with Crippen molar-refractivity contribution < 1.29 is 9.90 Å². The highest BCUT2D eigenvalue weighted by molar-refractivity contribution is 5.81. The van der Waals surface area contributed by atoms with Gasteiger partial charge in [-0.3, -0.25) is 14.2 Å². The lowest BCUT2D eigenvalue weighted by atomic mass is 9.91. The average Bonchev–Trinajstić information content (AvgIpc) is 3.34. The summed E-state index contributed by atoms with van der Waals surface area (Å²) in [5, 5.41) is 11.5. The molecule has 6 heteroatoms. The van der Waals surface area contributed by atoms with Gasteiger partial charge >= 0.3 is 0 Å². The van der Waals surface area contributed by atoms with Gasteiger partial charge in [0.25, 0.3) is 5.56 Å². The third-order valence-corrected chi connectivity index (χ3v) is 5.63. The predicted octanol–water partition coefficient (Wildman–Crippen LogP) is 1.41. The minimum Gasteiger partial charge on any atom is -0.388 e. The summed E-state index contributed by atoms with van der Waals surface area (Å²) in [5.41, 5.74) is -0.445. The second-order valence-electron chi connectivity index (χ2n) is 7.56. The maximum absolute atomic E-state index is 12.6. The summed E-state index contributed by atoms with van der Waals surface area (Å²) < 4.78 is 1.49. The summed E-state index contributed by atoms with van der Waals surface area (Å²) in [6, 6.07) is 7.22. The number of likely N-dealkylation sites (tertiary alicyclic amines) is 1. The number of amides is 1. The first kappa shape index (κ1) is 16.3. The Morgan fingerprint density at radius 3 is 2.68 bits per heavy atom. The van der Waals surface area contributed by atoms with E-state index in [1.807, 2.05) is 17.0 Å². The second-order valence-corrected chi connectivity index (χ2v) is 7.56. The fourth-order valence-electron chi connectivity index (χ4n) is 3.74. The van der Waals surface area contributed by atoms with E-state index in [4.69, 9.17) is 0 Å². The fourth-order valence-corrected chi connectivity index (χ4v) is 3.74. The molecule has 1 aliphatic heterocycles. The van der Waals surface area contributed by atoms with Crippen LogP contribution in [0.3, 0.4) is 0 Å². The van der Waals surface area contributed by atoms with Gasteiger partial charge in [0.15, 0.2) is 0 Å². The van der Waals surface area contributed by atoms with Crippen LogP contribution in [-0.4, -0.2) is 44.2 Å². The quantitative estimate of drug-likeness (QED) is 0.916. The van der Waals surface area contributed by atoms with Gasteiger partial charge in [-0.2, -0.15) is 0 Å². The van der Waals surface area contributed by atoms with Crippen molar-refractivity contribution in [1.29, 1.82) is 0 Å². The monoisotopic (exact) mass is 341 g/mol. The molecule has 1 aromatic heterocycles. The minimum atomic E-state index is -0.972. The standard InChI is InChI=1S/C19H23N3O3/c1-13-10-15(13)18(24)21-8-6-19(25,7-9-21)11-22-12-20-16-5-3-2-4-14(16)17(22)23/h2-5,12-13,15,25H,6-11H2,1H3/t13-,15+/m1/s1. The van der Waals surface area contributed by atoms with Crippen LogP contribution >= 0.6 is 0 Å². The summed E-state index contributed by atoms with van der Waals surface area (Å²) >= 11 is 0. The Kier molecular flexibility index (Phi) is 3.87. The van der Waals surface area contributed by atoms with E-state index in [1.54, 1.807) is 12.1 Å². The number of aliphatic hydroxyl groups is 1. The van der Waals surface area contributed by atoms with Crippen molar-refractivity contribution in [2.75, 3.05) is 13.1 Å². The number of carbonyl (C=O) groups is 1. The summed E-state index contributed by atoms with van der Waals surface area (Å²) in [5.74, 6) is 0.896. The summed E-state index contributed by atoms with van der Waals surface area (Å²) in [4.78, 5) is 31.1. The molecule has 1 amide bonds. The van der Waals surface area contributed by atoms with E-state index in [-0.39, 0.29) is 23.9 Å². The van der Waals surface area contributed by atoms with Crippen LogP contribution in [0.25, 0.3) is 10.9 Å². The molecule has 2 fully saturated rings. The first-order valence-electron chi connectivity index (χ1n) is 8.92. The number of hydrogen-bond acceptors (Lipinski definition) is 4. The van der Waals surface area contributed by atoms with E-state index < -0.39 is 5.60 Å². The highest BCUT2D eigenvalue weighted by atomic mass is 16.3. The molecule has 1 saturated heterocycles. The van der Waals surface area contributed by atoms with Crippen molar-refractivity contribution in [3.05, 3.63) is 40.9 Å². The van der Waals surface area contributed by atoms with E-state index >= 15 is 0 Å². The zero-order chi connectivity index (χ0) is 17.6.